The summed E-state index contributed by atoms with van der Waals surface area (Å²) < 4.78 is 0. The molecule has 6 nitrogen and oxygen atoms in total. The van der Waals surface area contributed by atoms with Crippen LogP contribution >= 0.6 is 0 Å². The van der Waals surface area contributed by atoms with Crippen molar-refractivity contribution in [1.29, 1.82) is 0 Å². The van der Waals surface area contributed by atoms with E-state index in [9.17, 15) is 14.4 Å². The van der Waals surface area contributed by atoms with E-state index in [1.54, 1.807) is 4.90 Å². The molecule has 2 heterocycles. The number of piperidine rings is 1. The highest BCUT2D eigenvalue weighted by Crippen LogP contribution is 2.31. The van der Waals surface area contributed by atoms with Crippen LogP contribution in [0.5, 0.6) is 0 Å². The lowest BCUT2D eigenvalue weighted by atomic mass is 9.96. The van der Waals surface area contributed by atoms with E-state index in [1.807, 2.05) is 30.3 Å². The second kappa shape index (κ2) is 6.17. The van der Waals surface area contributed by atoms with Crippen LogP contribution in [0.2, 0.25) is 0 Å². The Bertz CT molecular complexity index is 571. The molecule has 0 spiro atoms. The summed E-state index contributed by atoms with van der Waals surface area (Å²) in [6, 6.07) is 9.67. The van der Waals surface area contributed by atoms with Gasteiger partial charge in [0.1, 0.15) is 0 Å². The summed E-state index contributed by atoms with van der Waals surface area (Å²) in [7, 11) is 0. The maximum absolute atomic E-state index is 12.4. The fraction of sp³-hybridized carbons (Fsp3) is 0.438. The van der Waals surface area contributed by atoms with Crippen LogP contribution in [0.3, 0.4) is 0 Å². The molecule has 1 atom stereocenters. The van der Waals surface area contributed by atoms with Gasteiger partial charge in [-0.3, -0.25) is 14.5 Å². The van der Waals surface area contributed by atoms with Gasteiger partial charge in [-0.25, -0.2) is 4.79 Å². The second-order valence-electron chi connectivity index (χ2n) is 5.55. The topological polar surface area (TPSA) is 66.9 Å². The molecule has 2 aliphatic heterocycles. The molecule has 0 aliphatic carbocycles. The van der Waals surface area contributed by atoms with Gasteiger partial charge in [0.25, 0.3) is 11.8 Å². The first-order valence-electron chi connectivity index (χ1n) is 7.56. The number of amides is 3. The predicted octanol–water partition coefficient (Wildman–Crippen LogP) is 2.41. The number of nitrogens with zero attached hydrogens (tertiary/aromatic N) is 2. The Morgan fingerprint density at radius 2 is 1.73 bits per heavy atom. The summed E-state index contributed by atoms with van der Waals surface area (Å²) in [5.74, 6) is -0.904. The van der Waals surface area contributed by atoms with Crippen molar-refractivity contribution in [3.05, 3.63) is 35.9 Å². The molecular weight excluding hydrogens is 284 g/mol. The first kappa shape index (κ1) is 14.6. The zero-order valence-corrected chi connectivity index (χ0v) is 12.2. The number of carbonyl (C=O) groups excluding carboxylic acids is 3. The summed E-state index contributed by atoms with van der Waals surface area (Å²) in [4.78, 5) is 42.2. The van der Waals surface area contributed by atoms with E-state index in [0.717, 1.165) is 24.8 Å². The number of hydroxylamine groups is 2. The lowest BCUT2D eigenvalue weighted by Crippen LogP contribution is -2.43. The number of hydrogen-bond donors (Lipinski definition) is 0. The van der Waals surface area contributed by atoms with Crippen LogP contribution in [0.4, 0.5) is 4.79 Å². The van der Waals surface area contributed by atoms with Crippen molar-refractivity contribution >= 4 is 17.9 Å². The van der Waals surface area contributed by atoms with Gasteiger partial charge in [-0.15, -0.1) is 5.06 Å². The lowest BCUT2D eigenvalue weighted by molar-refractivity contribution is -0.174. The molecule has 0 unspecified atom stereocenters. The van der Waals surface area contributed by atoms with E-state index in [0.29, 0.717) is 11.6 Å². The summed E-state index contributed by atoms with van der Waals surface area (Å²) >= 11 is 0. The van der Waals surface area contributed by atoms with Gasteiger partial charge in [0.15, 0.2) is 0 Å². The Morgan fingerprint density at radius 3 is 2.41 bits per heavy atom. The number of hydrogen-bond acceptors (Lipinski definition) is 4. The SMILES string of the molecule is O=C1CCC(=O)N1OC(=O)N1CCCC[C@H]1c1ccccc1. The first-order chi connectivity index (χ1) is 10.7. The van der Waals surface area contributed by atoms with Crippen molar-refractivity contribution in [1.82, 2.24) is 9.96 Å². The summed E-state index contributed by atoms with van der Waals surface area (Å²) in [5, 5.41) is 0.610. The molecule has 2 aliphatic rings. The Labute approximate surface area is 128 Å². The van der Waals surface area contributed by atoms with Crippen molar-refractivity contribution in [3.8, 4) is 0 Å². The first-order valence-corrected chi connectivity index (χ1v) is 7.56. The molecule has 0 bridgehead atoms. The Morgan fingerprint density at radius 1 is 1.05 bits per heavy atom. The monoisotopic (exact) mass is 302 g/mol. The lowest BCUT2D eigenvalue weighted by Gasteiger charge is -2.35. The molecule has 1 aromatic carbocycles. The van der Waals surface area contributed by atoms with Crippen molar-refractivity contribution in [2.45, 2.75) is 38.1 Å². The maximum atomic E-state index is 12.4. The third-order valence-corrected chi connectivity index (χ3v) is 4.10. The minimum absolute atomic E-state index is 0.0738. The zero-order chi connectivity index (χ0) is 15.5. The average molecular weight is 302 g/mol. The van der Waals surface area contributed by atoms with Gasteiger partial charge in [0.2, 0.25) is 0 Å². The molecule has 3 amide bonds. The van der Waals surface area contributed by atoms with Gasteiger partial charge < -0.3 is 4.84 Å². The number of rotatable bonds is 2. The van der Waals surface area contributed by atoms with E-state index in [2.05, 4.69) is 0 Å². The highest BCUT2D eigenvalue weighted by molar-refractivity contribution is 6.01. The fourth-order valence-corrected chi connectivity index (χ4v) is 2.96. The summed E-state index contributed by atoms with van der Waals surface area (Å²) in [5.41, 5.74) is 1.04. The van der Waals surface area contributed by atoms with E-state index < -0.39 is 17.9 Å². The molecule has 3 rings (SSSR count). The van der Waals surface area contributed by atoms with Crippen molar-refractivity contribution in [2.75, 3.05) is 6.54 Å². The molecule has 22 heavy (non-hydrogen) atoms. The van der Waals surface area contributed by atoms with Crippen LogP contribution in [0.15, 0.2) is 30.3 Å². The Kier molecular flexibility index (Phi) is 4.09. The molecular formula is C16H18N2O4. The van der Waals surface area contributed by atoms with Gasteiger partial charge >= 0.3 is 6.09 Å². The van der Waals surface area contributed by atoms with Crippen LogP contribution in [-0.2, 0) is 14.4 Å². The molecule has 0 saturated carbocycles. The molecule has 2 saturated heterocycles. The Hall–Kier alpha value is -2.37. The highest BCUT2D eigenvalue weighted by atomic mass is 16.7. The quantitative estimate of drug-likeness (QED) is 0.787. The second-order valence-corrected chi connectivity index (χ2v) is 5.55. The third-order valence-electron chi connectivity index (χ3n) is 4.10. The number of likely N-dealkylation sites (tertiary alicyclic amines) is 1. The molecule has 6 heteroatoms. The van der Waals surface area contributed by atoms with E-state index >= 15 is 0 Å². The number of benzene rings is 1. The molecule has 0 aromatic heterocycles. The molecule has 0 N–H and O–H groups in total. The highest BCUT2D eigenvalue weighted by Gasteiger charge is 2.36. The van der Waals surface area contributed by atoms with Gasteiger partial charge in [-0.05, 0) is 24.8 Å². The van der Waals surface area contributed by atoms with Crippen LogP contribution in [0, 0.1) is 0 Å². The van der Waals surface area contributed by atoms with Gasteiger partial charge in [-0.1, -0.05) is 30.3 Å². The molecule has 2 fully saturated rings. The molecule has 0 radical (unpaired) electrons. The van der Waals surface area contributed by atoms with Crippen molar-refractivity contribution in [3.63, 3.8) is 0 Å². The minimum Gasteiger partial charge on any atom is -0.311 e. The third kappa shape index (κ3) is 2.81. The zero-order valence-electron chi connectivity index (χ0n) is 12.2. The van der Waals surface area contributed by atoms with Crippen LogP contribution in [-0.4, -0.2) is 34.4 Å². The largest absolute Gasteiger partial charge is 0.435 e. The summed E-state index contributed by atoms with van der Waals surface area (Å²) in [6.07, 6.45) is 2.35. The fourth-order valence-electron chi connectivity index (χ4n) is 2.96. The van der Waals surface area contributed by atoms with E-state index in [-0.39, 0.29) is 18.9 Å². The van der Waals surface area contributed by atoms with E-state index in [4.69, 9.17) is 4.84 Å². The van der Waals surface area contributed by atoms with Crippen LogP contribution < -0.4 is 0 Å². The standard InChI is InChI=1S/C16H18N2O4/c19-14-9-10-15(20)18(14)22-16(21)17-11-5-4-8-13(17)12-6-2-1-3-7-12/h1-3,6-7,13H,4-5,8-11H2/t13-/m0/s1. The smallest absolute Gasteiger partial charge is 0.311 e. The number of imide groups is 1. The van der Waals surface area contributed by atoms with Gasteiger partial charge in [0.05, 0.1) is 6.04 Å². The van der Waals surface area contributed by atoms with Crippen LogP contribution in [0.25, 0.3) is 0 Å². The molecule has 1 aromatic rings. The summed E-state index contributed by atoms with van der Waals surface area (Å²) in [6.45, 7) is 0.564. The van der Waals surface area contributed by atoms with Crippen molar-refractivity contribution in [2.24, 2.45) is 0 Å². The average Bonchev–Trinajstić information content (AvgIpc) is 2.87. The minimum atomic E-state index is -0.628. The van der Waals surface area contributed by atoms with Crippen molar-refractivity contribution < 1.29 is 19.2 Å². The Balaban J connectivity index is 1.74. The predicted molar refractivity (Wildman–Crippen MR) is 77.3 cm³/mol. The number of carbonyl (C=O) groups is 3. The van der Waals surface area contributed by atoms with E-state index in [1.165, 1.54) is 0 Å². The normalized spacial score (nSPS) is 22.1. The van der Waals surface area contributed by atoms with Gasteiger partial charge in [0, 0.05) is 19.4 Å². The van der Waals surface area contributed by atoms with Gasteiger partial charge in [-0.2, -0.15) is 0 Å². The molecule has 116 valence electrons. The van der Waals surface area contributed by atoms with Crippen LogP contribution in [0.1, 0.15) is 43.7 Å². The maximum Gasteiger partial charge on any atom is 0.435 e.